The van der Waals surface area contributed by atoms with Crippen molar-refractivity contribution in [3.63, 3.8) is 0 Å². The first kappa shape index (κ1) is 95.3. The Kier molecular flexibility index (Phi) is 89.3. The van der Waals surface area contributed by atoms with E-state index in [1.54, 1.807) is 0 Å². The first-order valence-corrected chi connectivity index (χ1v) is 43.1. The van der Waals surface area contributed by atoms with E-state index in [1.165, 1.54) is 437 Å². The van der Waals surface area contributed by atoms with Crippen LogP contribution in [0.4, 0.5) is 0 Å². The number of allylic oxidation sites excluding steroid dienone is 6. The Balaban J connectivity index is -0.00000129. The van der Waals surface area contributed by atoms with Gasteiger partial charge in [-0.2, -0.15) is 0 Å². The molecule has 0 fully saturated rings. The van der Waals surface area contributed by atoms with Crippen LogP contribution in [-0.4, -0.2) is 75.1 Å². The fourth-order valence-corrected chi connectivity index (χ4v) is 13.7. The number of unbranched alkanes of at least 4 members (excludes halogenated alkanes) is 53. The van der Waals surface area contributed by atoms with Crippen molar-refractivity contribution in [2.24, 2.45) is 0 Å². The molecular weight excluding hydrogens is 1110 g/mol. The van der Waals surface area contributed by atoms with Crippen molar-refractivity contribution in [3.05, 3.63) is 36.5 Å². The Morgan fingerprint density at radius 3 is 0.457 bits per heavy atom. The quantitative estimate of drug-likeness (QED) is 0.0444. The lowest BCUT2D eigenvalue weighted by Crippen LogP contribution is -2.27. The van der Waals surface area contributed by atoms with E-state index in [4.69, 9.17) is 0 Å². The van der Waals surface area contributed by atoms with Crippen LogP contribution in [-0.2, 0) is 0 Å². The largest absolute Gasteiger partial charge is 0.306 e. The summed E-state index contributed by atoms with van der Waals surface area (Å²) < 4.78 is 0. The van der Waals surface area contributed by atoms with E-state index in [9.17, 15) is 0 Å². The molecule has 3 heteroatoms. The maximum atomic E-state index is 2.48. The minimum atomic E-state index is 0.787. The van der Waals surface area contributed by atoms with Gasteiger partial charge in [-0.1, -0.05) is 399 Å². The predicted molar refractivity (Wildman–Crippen MR) is 428 cm³/mol. The molecule has 0 aliphatic rings. The smallest absolute Gasteiger partial charge is 0.00892 e. The third-order valence-corrected chi connectivity index (χ3v) is 20.5. The van der Waals surface area contributed by atoms with Gasteiger partial charge in [-0.05, 0) is 158 Å². The van der Waals surface area contributed by atoms with Crippen LogP contribution in [0.1, 0.15) is 478 Å². The number of hydrogen-bond acceptors (Lipinski definition) is 3. The fourth-order valence-electron chi connectivity index (χ4n) is 13.7. The highest BCUT2D eigenvalue weighted by Gasteiger charge is 2.13. The summed E-state index contributed by atoms with van der Waals surface area (Å²) in [5, 5.41) is 0. The number of nitrogens with zero attached hydrogens (tertiary/aromatic N) is 3. The lowest BCUT2D eigenvalue weighted by atomic mass is 9.99. The van der Waals surface area contributed by atoms with Gasteiger partial charge in [0.05, 0.1) is 0 Å². The van der Waals surface area contributed by atoms with E-state index in [0.717, 1.165) is 18.1 Å². The molecule has 0 saturated heterocycles. The van der Waals surface area contributed by atoms with Gasteiger partial charge in [0.15, 0.2) is 0 Å². The first-order chi connectivity index (χ1) is 45.2. The molecule has 0 aromatic carbocycles. The van der Waals surface area contributed by atoms with Gasteiger partial charge >= 0.3 is 0 Å². The highest BCUT2D eigenvalue weighted by atomic mass is 15.1. The topological polar surface area (TPSA) is 9.72 Å². The average Bonchev–Trinajstić information content (AvgIpc) is 3.73. The molecule has 0 amide bonds. The molecule has 0 heterocycles. The molecule has 0 bridgehead atoms. The number of hydrogen-bond donors (Lipinski definition) is 0. The standard InChI is InChI=1S/C31H63N.2C29H59N/c1-5-7-9-11-13-14-15-16-17-18-19-20-21-22-24-26-28-30-31(32(3)4)29-27-25-23-12-10-8-6-2;2*1-5-7-9-11-13-14-15-16-17-18-19-20-22-24-26-28-29(30(3)4)27-25-23-21-12-10-8-6-2/h22,24,31H,5-21,23,25-30H2,1-4H3;19-20,29H,5-18,21-28H2,1-4H3;14-15,29H,5-13,16-28H2,1-4H3/b24-22-;20-19-;15-14-. The highest BCUT2D eigenvalue weighted by Crippen LogP contribution is 2.22. The summed E-state index contributed by atoms with van der Waals surface area (Å²) in [5.41, 5.74) is 0. The van der Waals surface area contributed by atoms with Crippen LogP contribution in [0, 0.1) is 0 Å². The maximum Gasteiger partial charge on any atom is 0.00892 e. The molecule has 0 saturated carbocycles. The molecule has 0 radical (unpaired) electrons. The van der Waals surface area contributed by atoms with E-state index in [2.05, 4.69) is 135 Å². The molecule has 3 atom stereocenters. The van der Waals surface area contributed by atoms with Crippen LogP contribution in [0.5, 0.6) is 0 Å². The molecular formula is C89H181N3. The zero-order valence-electron chi connectivity index (χ0n) is 66.6. The molecule has 3 nitrogen and oxygen atoms in total. The molecule has 0 rings (SSSR count). The monoisotopic (exact) mass is 1290 g/mol. The Bertz CT molecular complexity index is 1350. The van der Waals surface area contributed by atoms with Gasteiger partial charge in [0.2, 0.25) is 0 Å². The Morgan fingerprint density at radius 2 is 0.272 bits per heavy atom. The molecule has 0 N–H and O–H groups in total. The van der Waals surface area contributed by atoms with Crippen molar-refractivity contribution < 1.29 is 0 Å². The third-order valence-electron chi connectivity index (χ3n) is 20.5. The van der Waals surface area contributed by atoms with E-state index >= 15 is 0 Å². The van der Waals surface area contributed by atoms with Gasteiger partial charge in [-0.3, -0.25) is 0 Å². The van der Waals surface area contributed by atoms with Gasteiger partial charge in [0.25, 0.3) is 0 Å². The summed E-state index contributed by atoms with van der Waals surface area (Å²) in [5.74, 6) is 0. The summed E-state index contributed by atoms with van der Waals surface area (Å²) in [6, 6.07) is 2.40. The second kappa shape index (κ2) is 86.2. The number of rotatable bonds is 74. The maximum absolute atomic E-state index is 2.48. The molecule has 3 unspecified atom stereocenters. The van der Waals surface area contributed by atoms with E-state index < -0.39 is 0 Å². The van der Waals surface area contributed by atoms with Crippen LogP contribution >= 0.6 is 0 Å². The Hall–Kier alpha value is -0.900. The van der Waals surface area contributed by atoms with Crippen LogP contribution in [0.2, 0.25) is 0 Å². The van der Waals surface area contributed by atoms with Crippen LogP contribution in [0.15, 0.2) is 36.5 Å². The SMILES string of the molecule is CCCCCC/C=C\CCCCCCCCCC(CCCCCCCCC)N(C)C.CCCCCCCCCCC/C=C\CCCCC(CCCCCCCCC)N(C)C.CCCCCCCCCCCCCC/C=C\CCCC(CCCCCCCCC)N(C)C. The molecule has 552 valence electrons. The summed E-state index contributed by atoms with van der Waals surface area (Å²) in [4.78, 5) is 7.42. The fraction of sp³-hybridized carbons (Fsp3) is 0.933. The zero-order chi connectivity index (χ0) is 67.8. The van der Waals surface area contributed by atoms with Gasteiger partial charge in [-0.25, -0.2) is 0 Å². The van der Waals surface area contributed by atoms with Crippen LogP contribution in [0.3, 0.4) is 0 Å². The second-order valence-electron chi connectivity index (χ2n) is 30.4. The van der Waals surface area contributed by atoms with Gasteiger partial charge < -0.3 is 14.7 Å². The summed E-state index contributed by atoms with van der Waals surface area (Å²) >= 11 is 0. The van der Waals surface area contributed by atoms with Crippen LogP contribution in [0.25, 0.3) is 0 Å². The van der Waals surface area contributed by atoms with Crippen molar-refractivity contribution in [3.8, 4) is 0 Å². The van der Waals surface area contributed by atoms with Gasteiger partial charge in [-0.15, -0.1) is 0 Å². The summed E-state index contributed by atoms with van der Waals surface area (Å²) in [7, 11) is 13.7. The minimum absolute atomic E-state index is 0.787. The molecule has 0 aromatic heterocycles. The second-order valence-corrected chi connectivity index (χ2v) is 30.4. The molecule has 0 aliphatic heterocycles. The highest BCUT2D eigenvalue weighted by molar-refractivity contribution is 4.84. The van der Waals surface area contributed by atoms with Crippen molar-refractivity contribution in [2.45, 2.75) is 496 Å². The van der Waals surface area contributed by atoms with Crippen molar-refractivity contribution in [1.82, 2.24) is 14.7 Å². The van der Waals surface area contributed by atoms with Gasteiger partial charge in [0, 0.05) is 18.1 Å². The van der Waals surface area contributed by atoms with Crippen molar-refractivity contribution in [2.75, 3.05) is 42.3 Å². The van der Waals surface area contributed by atoms with E-state index in [1.807, 2.05) is 0 Å². The minimum Gasteiger partial charge on any atom is -0.306 e. The molecule has 0 spiro atoms. The van der Waals surface area contributed by atoms with Crippen LogP contribution < -0.4 is 0 Å². The zero-order valence-corrected chi connectivity index (χ0v) is 66.6. The molecule has 0 aliphatic carbocycles. The molecule has 0 aromatic rings. The van der Waals surface area contributed by atoms with E-state index in [-0.39, 0.29) is 0 Å². The summed E-state index contributed by atoms with van der Waals surface area (Å²) in [6.45, 7) is 13.8. The summed E-state index contributed by atoms with van der Waals surface area (Å²) in [6.07, 6.45) is 111. The first-order valence-electron chi connectivity index (χ1n) is 43.1. The molecule has 92 heavy (non-hydrogen) atoms. The lowest BCUT2D eigenvalue weighted by Gasteiger charge is -2.24. The third kappa shape index (κ3) is 83.3. The van der Waals surface area contributed by atoms with Gasteiger partial charge in [0.1, 0.15) is 0 Å². The Labute approximate surface area is 586 Å². The van der Waals surface area contributed by atoms with E-state index in [0.29, 0.717) is 0 Å². The Morgan fingerprint density at radius 1 is 0.152 bits per heavy atom. The average molecular weight is 1290 g/mol. The normalized spacial score (nSPS) is 12.9. The van der Waals surface area contributed by atoms with Crippen molar-refractivity contribution >= 4 is 0 Å². The lowest BCUT2D eigenvalue weighted by molar-refractivity contribution is 0.251. The predicted octanol–water partition coefficient (Wildman–Crippen LogP) is 31.1. The van der Waals surface area contributed by atoms with Crippen molar-refractivity contribution in [1.29, 1.82) is 0 Å².